The van der Waals surface area contributed by atoms with E-state index in [0.29, 0.717) is 41.7 Å². The molecule has 1 aromatic carbocycles. The number of esters is 1. The summed E-state index contributed by atoms with van der Waals surface area (Å²) in [7, 11) is 1.30. The van der Waals surface area contributed by atoms with Gasteiger partial charge in [-0.15, -0.1) is 0 Å². The smallest absolute Gasteiger partial charge is 0.311 e. The van der Waals surface area contributed by atoms with Crippen LogP contribution in [-0.2, 0) is 9.53 Å². The monoisotopic (exact) mass is 300 g/mol. The van der Waals surface area contributed by atoms with Crippen molar-refractivity contribution in [3.05, 3.63) is 22.7 Å². The highest BCUT2D eigenvalue weighted by Crippen LogP contribution is 2.41. The van der Waals surface area contributed by atoms with Crippen LogP contribution in [0.2, 0.25) is 5.02 Å². The molecule has 1 aromatic rings. The molecule has 0 aliphatic carbocycles. The molecular formula is C14H17ClO5. The molecule has 0 spiro atoms. The molecule has 0 saturated heterocycles. The Morgan fingerprint density at radius 1 is 1.45 bits per heavy atom. The summed E-state index contributed by atoms with van der Waals surface area (Å²) in [5, 5.41) is 10.7. The largest absolute Gasteiger partial charge is 0.486 e. The first-order valence-electron chi connectivity index (χ1n) is 6.43. The Bertz CT molecular complexity index is 503. The molecule has 1 heterocycles. The van der Waals surface area contributed by atoms with E-state index in [4.69, 9.17) is 25.8 Å². The fourth-order valence-corrected chi connectivity index (χ4v) is 2.48. The molecule has 20 heavy (non-hydrogen) atoms. The lowest BCUT2D eigenvalue weighted by molar-refractivity contribution is -0.149. The Morgan fingerprint density at radius 3 is 2.80 bits per heavy atom. The number of rotatable bonds is 4. The van der Waals surface area contributed by atoms with Gasteiger partial charge in [0.1, 0.15) is 13.2 Å². The van der Waals surface area contributed by atoms with Gasteiger partial charge in [0, 0.05) is 0 Å². The van der Waals surface area contributed by atoms with Crippen molar-refractivity contribution >= 4 is 17.6 Å². The summed E-state index contributed by atoms with van der Waals surface area (Å²) in [5.74, 6) is -0.137. The van der Waals surface area contributed by atoms with Gasteiger partial charge < -0.3 is 19.3 Å². The number of halogens is 1. The summed E-state index contributed by atoms with van der Waals surface area (Å²) in [6.07, 6.45) is -0.541. The number of hydrogen-bond acceptors (Lipinski definition) is 5. The second-order valence-corrected chi connectivity index (χ2v) is 4.92. The number of carbonyl (C=O) groups excluding carboxylic acids is 1. The third-order valence-corrected chi connectivity index (χ3v) is 3.57. The van der Waals surface area contributed by atoms with E-state index in [1.807, 2.05) is 6.92 Å². The topological polar surface area (TPSA) is 65.0 Å². The van der Waals surface area contributed by atoms with Gasteiger partial charge in [0.2, 0.25) is 0 Å². The fraction of sp³-hybridized carbons (Fsp3) is 0.500. The van der Waals surface area contributed by atoms with Gasteiger partial charge in [-0.25, -0.2) is 0 Å². The van der Waals surface area contributed by atoms with Crippen LogP contribution in [-0.4, -0.2) is 31.4 Å². The average Bonchev–Trinajstić information content (AvgIpc) is 2.47. The number of aliphatic hydroxyl groups is 1. The summed E-state index contributed by atoms with van der Waals surface area (Å²) in [4.78, 5) is 11.7. The predicted molar refractivity (Wildman–Crippen MR) is 73.2 cm³/mol. The summed E-state index contributed by atoms with van der Waals surface area (Å²) in [6, 6.07) is 3.24. The maximum Gasteiger partial charge on any atom is 0.311 e. The average molecular weight is 301 g/mol. The van der Waals surface area contributed by atoms with E-state index in [1.165, 1.54) is 7.11 Å². The fourth-order valence-electron chi connectivity index (χ4n) is 2.20. The molecule has 110 valence electrons. The van der Waals surface area contributed by atoms with Crippen LogP contribution in [0.3, 0.4) is 0 Å². The van der Waals surface area contributed by atoms with Gasteiger partial charge in [0.15, 0.2) is 11.5 Å². The van der Waals surface area contributed by atoms with Crippen LogP contribution in [0, 0.1) is 5.92 Å². The summed E-state index contributed by atoms with van der Waals surface area (Å²) in [6.45, 7) is 2.68. The van der Waals surface area contributed by atoms with Gasteiger partial charge in [-0.2, -0.15) is 0 Å². The maximum atomic E-state index is 11.7. The molecule has 0 bridgehead atoms. The maximum absolute atomic E-state index is 11.7. The predicted octanol–water partition coefficient (Wildman–Crippen LogP) is 2.34. The minimum atomic E-state index is -0.999. The molecule has 1 aliphatic rings. The van der Waals surface area contributed by atoms with Gasteiger partial charge in [-0.3, -0.25) is 4.79 Å². The molecule has 2 rings (SSSR count). The zero-order valence-corrected chi connectivity index (χ0v) is 12.1. The molecule has 0 radical (unpaired) electrons. The molecule has 0 aromatic heterocycles. The van der Waals surface area contributed by atoms with Crippen LogP contribution in [0.5, 0.6) is 11.5 Å². The molecule has 0 amide bonds. The van der Waals surface area contributed by atoms with E-state index in [0.717, 1.165) is 0 Å². The van der Waals surface area contributed by atoms with Gasteiger partial charge in [-0.05, 0) is 24.1 Å². The van der Waals surface area contributed by atoms with E-state index in [9.17, 15) is 9.90 Å². The van der Waals surface area contributed by atoms with Crippen LogP contribution in [0.4, 0.5) is 0 Å². The van der Waals surface area contributed by atoms with Gasteiger partial charge in [-0.1, -0.05) is 18.5 Å². The number of methoxy groups -OCH3 is 1. The number of ether oxygens (including phenoxy) is 3. The molecule has 2 unspecified atom stereocenters. The summed E-state index contributed by atoms with van der Waals surface area (Å²) in [5.41, 5.74) is 0.511. The molecule has 1 aliphatic heterocycles. The van der Waals surface area contributed by atoms with Gasteiger partial charge >= 0.3 is 5.97 Å². The zero-order valence-electron chi connectivity index (χ0n) is 11.4. The van der Waals surface area contributed by atoms with Crippen molar-refractivity contribution in [1.82, 2.24) is 0 Å². The second-order valence-electron chi connectivity index (χ2n) is 4.51. The first kappa shape index (κ1) is 14.9. The second kappa shape index (κ2) is 6.33. The van der Waals surface area contributed by atoms with Gasteiger partial charge in [0.25, 0.3) is 0 Å². The Kier molecular flexibility index (Phi) is 4.73. The molecular weight excluding hydrogens is 284 g/mol. The number of carbonyl (C=O) groups is 1. The van der Waals surface area contributed by atoms with E-state index >= 15 is 0 Å². The lowest BCUT2D eigenvalue weighted by Crippen LogP contribution is -2.23. The van der Waals surface area contributed by atoms with E-state index < -0.39 is 18.0 Å². The highest BCUT2D eigenvalue weighted by molar-refractivity contribution is 6.32. The van der Waals surface area contributed by atoms with Crippen LogP contribution in [0.1, 0.15) is 25.0 Å². The van der Waals surface area contributed by atoms with Crippen molar-refractivity contribution in [2.24, 2.45) is 5.92 Å². The number of fused-ring (bicyclic) bond motifs is 1. The number of aliphatic hydroxyl groups excluding tert-OH is 1. The van der Waals surface area contributed by atoms with Crippen LogP contribution < -0.4 is 9.47 Å². The third kappa shape index (κ3) is 2.83. The minimum Gasteiger partial charge on any atom is -0.486 e. The van der Waals surface area contributed by atoms with Crippen LogP contribution >= 0.6 is 11.6 Å². The Balaban J connectivity index is 2.32. The van der Waals surface area contributed by atoms with Crippen molar-refractivity contribution in [2.75, 3.05) is 20.3 Å². The Hall–Kier alpha value is -1.46. The minimum absolute atomic E-state index is 0.357. The summed E-state index contributed by atoms with van der Waals surface area (Å²) < 4.78 is 15.6. The van der Waals surface area contributed by atoms with Crippen molar-refractivity contribution in [3.8, 4) is 11.5 Å². The van der Waals surface area contributed by atoms with Crippen LogP contribution in [0.25, 0.3) is 0 Å². The number of hydrogen-bond donors (Lipinski definition) is 1. The van der Waals surface area contributed by atoms with Crippen molar-refractivity contribution in [3.63, 3.8) is 0 Å². The standard InChI is InChI=1S/C14H17ClO5/c1-3-9(14(17)18-2)12(16)8-6-10(15)13-11(7-8)19-4-5-20-13/h6-7,9,12,16H,3-5H2,1-2H3. The lowest BCUT2D eigenvalue weighted by atomic mass is 9.93. The molecule has 0 fully saturated rings. The van der Waals surface area contributed by atoms with Crippen molar-refractivity contribution in [1.29, 1.82) is 0 Å². The molecule has 0 saturated carbocycles. The zero-order chi connectivity index (χ0) is 14.7. The Morgan fingerprint density at radius 2 is 2.15 bits per heavy atom. The number of benzene rings is 1. The quantitative estimate of drug-likeness (QED) is 0.865. The highest BCUT2D eigenvalue weighted by atomic mass is 35.5. The molecule has 2 atom stereocenters. The SMILES string of the molecule is CCC(C(=O)OC)C(O)c1cc(Cl)c2c(c1)OCCO2. The first-order chi connectivity index (χ1) is 9.58. The highest BCUT2D eigenvalue weighted by Gasteiger charge is 2.29. The molecule has 5 nitrogen and oxygen atoms in total. The van der Waals surface area contributed by atoms with E-state index in [-0.39, 0.29) is 0 Å². The molecule has 6 heteroatoms. The van der Waals surface area contributed by atoms with E-state index in [2.05, 4.69) is 0 Å². The molecule has 1 N–H and O–H groups in total. The van der Waals surface area contributed by atoms with E-state index in [1.54, 1.807) is 12.1 Å². The van der Waals surface area contributed by atoms with Crippen molar-refractivity contribution < 1.29 is 24.1 Å². The summed E-state index contributed by atoms with van der Waals surface area (Å²) >= 11 is 6.12. The normalized spacial score (nSPS) is 16.4. The lowest BCUT2D eigenvalue weighted by Gasteiger charge is -2.24. The van der Waals surface area contributed by atoms with Crippen molar-refractivity contribution in [2.45, 2.75) is 19.4 Å². The van der Waals surface area contributed by atoms with Crippen LogP contribution in [0.15, 0.2) is 12.1 Å². The third-order valence-electron chi connectivity index (χ3n) is 3.29. The van der Waals surface area contributed by atoms with Gasteiger partial charge in [0.05, 0.1) is 24.2 Å². The first-order valence-corrected chi connectivity index (χ1v) is 6.81. The Labute approximate surface area is 122 Å².